The lowest BCUT2D eigenvalue weighted by Crippen LogP contribution is -2.56. The van der Waals surface area contributed by atoms with Crippen molar-refractivity contribution < 1.29 is 22.7 Å². The fourth-order valence-corrected chi connectivity index (χ4v) is 5.81. The van der Waals surface area contributed by atoms with Crippen molar-refractivity contribution in [1.29, 1.82) is 0 Å². The second kappa shape index (κ2) is 11.0. The molecule has 13 heteroatoms. The summed E-state index contributed by atoms with van der Waals surface area (Å²) >= 11 is 0. The van der Waals surface area contributed by atoms with Gasteiger partial charge in [-0.05, 0) is 31.0 Å². The van der Waals surface area contributed by atoms with E-state index in [1.807, 2.05) is 36.1 Å². The number of amides is 1. The smallest absolute Gasteiger partial charge is 0.237 e. The number of carbonyl (C=O) groups is 1. The second-order valence-corrected chi connectivity index (χ2v) is 11.3. The standard InChI is InChI=1S/C25H31N7O5S/c1-18-13-23(29-25(28-18)31-8-7-26-17-31)30-9-10-32(38(2,34)35)20(16-30)15-24(33)27-6-5-19-3-4-21-22(14-19)37-12-11-36-21/h3-4,7-8,13-14,17,20H,5-6,9-12,15-16H2,1-2H3,(H,27,33). The molecule has 38 heavy (non-hydrogen) atoms. The molecule has 2 aliphatic heterocycles. The molecule has 202 valence electrons. The summed E-state index contributed by atoms with van der Waals surface area (Å²) in [6.07, 6.45) is 6.88. The van der Waals surface area contributed by atoms with Crippen molar-refractivity contribution in [3.8, 4) is 17.4 Å². The average molecular weight is 542 g/mol. The first kappa shape index (κ1) is 25.9. The Balaban J connectivity index is 1.24. The Hall–Kier alpha value is -3.71. The fraction of sp³-hybridized carbons (Fsp3) is 0.440. The van der Waals surface area contributed by atoms with Gasteiger partial charge in [0.15, 0.2) is 11.5 Å². The van der Waals surface area contributed by atoms with Gasteiger partial charge in [0.05, 0.1) is 12.3 Å². The van der Waals surface area contributed by atoms with E-state index in [-0.39, 0.29) is 18.9 Å². The number of imidazole rings is 1. The van der Waals surface area contributed by atoms with Crippen LogP contribution in [0.2, 0.25) is 0 Å². The summed E-state index contributed by atoms with van der Waals surface area (Å²) in [5.41, 5.74) is 1.79. The van der Waals surface area contributed by atoms with Gasteiger partial charge in [0.2, 0.25) is 21.9 Å². The van der Waals surface area contributed by atoms with Crippen molar-refractivity contribution in [3.63, 3.8) is 0 Å². The molecular weight excluding hydrogens is 510 g/mol. The van der Waals surface area contributed by atoms with Gasteiger partial charge in [-0.3, -0.25) is 9.36 Å². The Bertz CT molecular complexity index is 1400. The zero-order valence-electron chi connectivity index (χ0n) is 21.4. The topological polar surface area (TPSA) is 132 Å². The number of nitrogens with one attached hydrogen (secondary N) is 1. The monoisotopic (exact) mass is 541 g/mol. The maximum Gasteiger partial charge on any atom is 0.237 e. The van der Waals surface area contributed by atoms with Gasteiger partial charge in [-0.1, -0.05) is 6.07 Å². The van der Waals surface area contributed by atoms with Crippen LogP contribution in [0.15, 0.2) is 43.0 Å². The summed E-state index contributed by atoms with van der Waals surface area (Å²) in [6, 6.07) is 7.08. The third-order valence-corrected chi connectivity index (χ3v) is 7.84. The molecule has 3 aromatic rings. The van der Waals surface area contributed by atoms with E-state index in [4.69, 9.17) is 9.47 Å². The third kappa shape index (κ3) is 6.05. The van der Waals surface area contributed by atoms with Crippen LogP contribution >= 0.6 is 0 Å². The number of nitrogens with zero attached hydrogens (tertiary/aromatic N) is 6. The Morgan fingerprint density at radius 1 is 1.13 bits per heavy atom. The van der Waals surface area contributed by atoms with Crippen LogP contribution in [0.4, 0.5) is 5.82 Å². The van der Waals surface area contributed by atoms with E-state index in [9.17, 15) is 13.2 Å². The van der Waals surface area contributed by atoms with E-state index in [2.05, 4.69) is 20.3 Å². The van der Waals surface area contributed by atoms with Gasteiger partial charge in [-0.25, -0.2) is 18.4 Å². The molecule has 0 radical (unpaired) electrons. The normalized spacial score (nSPS) is 17.8. The quantitative estimate of drug-likeness (QED) is 0.443. The maximum atomic E-state index is 12.9. The number of ether oxygens (including phenoxy) is 2. The number of sulfonamides is 1. The van der Waals surface area contributed by atoms with Crippen LogP contribution in [0.3, 0.4) is 0 Å². The second-order valence-electron chi connectivity index (χ2n) is 9.39. The van der Waals surface area contributed by atoms with Crippen LogP contribution in [-0.4, -0.2) is 89.8 Å². The minimum absolute atomic E-state index is 0.0448. The average Bonchev–Trinajstić information content (AvgIpc) is 3.43. The Morgan fingerprint density at radius 3 is 2.71 bits per heavy atom. The van der Waals surface area contributed by atoms with Crippen molar-refractivity contribution in [2.45, 2.75) is 25.8 Å². The van der Waals surface area contributed by atoms with Gasteiger partial charge < -0.3 is 19.7 Å². The third-order valence-electron chi connectivity index (χ3n) is 6.51. The van der Waals surface area contributed by atoms with Gasteiger partial charge >= 0.3 is 0 Å². The summed E-state index contributed by atoms with van der Waals surface area (Å²) in [5, 5.41) is 2.93. The van der Waals surface area contributed by atoms with Gasteiger partial charge in [0, 0.05) is 56.8 Å². The SMILES string of the molecule is Cc1cc(N2CCN(S(C)(=O)=O)C(CC(=O)NCCc3ccc4c(c3)OCCO4)C2)nc(-n2ccnc2)n1. The molecule has 1 N–H and O–H groups in total. The molecule has 0 aliphatic carbocycles. The molecule has 0 saturated carbocycles. The number of fused-ring (bicyclic) bond motifs is 1. The van der Waals surface area contributed by atoms with E-state index >= 15 is 0 Å². The highest BCUT2D eigenvalue weighted by Gasteiger charge is 2.35. The molecule has 12 nitrogen and oxygen atoms in total. The predicted molar refractivity (Wildman–Crippen MR) is 140 cm³/mol. The molecule has 2 aliphatic rings. The first-order chi connectivity index (χ1) is 18.3. The van der Waals surface area contributed by atoms with Crippen molar-refractivity contribution >= 4 is 21.7 Å². The number of hydrogen-bond donors (Lipinski definition) is 1. The number of piperazine rings is 1. The Kier molecular flexibility index (Phi) is 7.47. The minimum Gasteiger partial charge on any atom is -0.486 e. The van der Waals surface area contributed by atoms with Crippen LogP contribution in [0.25, 0.3) is 5.95 Å². The summed E-state index contributed by atoms with van der Waals surface area (Å²) in [4.78, 5) is 28.1. The lowest BCUT2D eigenvalue weighted by atomic mass is 10.1. The lowest BCUT2D eigenvalue weighted by molar-refractivity contribution is -0.121. The highest BCUT2D eigenvalue weighted by Crippen LogP contribution is 2.30. The van der Waals surface area contributed by atoms with Crippen molar-refractivity contribution in [3.05, 3.63) is 54.2 Å². The summed E-state index contributed by atoms with van der Waals surface area (Å²) in [7, 11) is -3.49. The van der Waals surface area contributed by atoms with Crippen molar-refractivity contribution in [2.24, 2.45) is 0 Å². The Morgan fingerprint density at radius 2 is 1.95 bits per heavy atom. The number of anilines is 1. The molecule has 1 amide bonds. The largest absolute Gasteiger partial charge is 0.486 e. The fourth-order valence-electron chi connectivity index (χ4n) is 4.72. The summed E-state index contributed by atoms with van der Waals surface area (Å²) in [6.45, 7) is 4.41. The molecule has 0 bridgehead atoms. The van der Waals surface area contributed by atoms with Crippen molar-refractivity contribution in [2.75, 3.05) is 50.5 Å². The molecule has 1 atom stereocenters. The molecule has 1 unspecified atom stereocenters. The molecule has 2 aromatic heterocycles. The number of aryl methyl sites for hydroxylation is 1. The van der Waals surface area contributed by atoms with E-state index in [0.29, 0.717) is 56.8 Å². The van der Waals surface area contributed by atoms with Crippen LogP contribution in [0.5, 0.6) is 11.5 Å². The number of aromatic nitrogens is 4. The first-order valence-electron chi connectivity index (χ1n) is 12.5. The minimum atomic E-state index is -3.49. The van der Waals surface area contributed by atoms with Gasteiger partial charge in [-0.15, -0.1) is 0 Å². The van der Waals surface area contributed by atoms with E-state index < -0.39 is 16.1 Å². The number of hydrogen-bond acceptors (Lipinski definition) is 9. The van der Waals surface area contributed by atoms with Gasteiger partial charge in [-0.2, -0.15) is 9.29 Å². The maximum absolute atomic E-state index is 12.9. The van der Waals surface area contributed by atoms with E-state index in [0.717, 1.165) is 17.0 Å². The number of benzene rings is 1. The molecule has 1 aromatic carbocycles. The highest BCUT2D eigenvalue weighted by molar-refractivity contribution is 7.88. The first-order valence-corrected chi connectivity index (χ1v) is 14.3. The van der Waals surface area contributed by atoms with Gasteiger partial charge in [0.25, 0.3) is 0 Å². The highest BCUT2D eigenvalue weighted by atomic mass is 32.2. The number of rotatable bonds is 8. The van der Waals surface area contributed by atoms with Crippen LogP contribution in [0.1, 0.15) is 17.7 Å². The molecular formula is C25H31N7O5S. The summed E-state index contributed by atoms with van der Waals surface area (Å²) < 4.78 is 39.3. The van der Waals surface area contributed by atoms with Gasteiger partial charge in [0.1, 0.15) is 25.4 Å². The summed E-state index contributed by atoms with van der Waals surface area (Å²) in [5.74, 6) is 2.39. The molecule has 5 rings (SSSR count). The predicted octanol–water partition coefficient (Wildman–Crippen LogP) is 0.941. The van der Waals surface area contributed by atoms with Crippen LogP contribution in [-0.2, 0) is 21.2 Å². The molecule has 1 saturated heterocycles. The number of carbonyl (C=O) groups excluding carboxylic acids is 1. The van der Waals surface area contributed by atoms with Crippen molar-refractivity contribution in [1.82, 2.24) is 29.1 Å². The Labute approximate surface area is 221 Å². The zero-order valence-corrected chi connectivity index (χ0v) is 22.2. The van der Waals surface area contributed by atoms with E-state index in [1.54, 1.807) is 23.3 Å². The molecule has 1 fully saturated rings. The van der Waals surface area contributed by atoms with Crippen LogP contribution < -0.4 is 19.7 Å². The lowest BCUT2D eigenvalue weighted by Gasteiger charge is -2.40. The molecule has 4 heterocycles. The van der Waals surface area contributed by atoms with Crippen LogP contribution in [0, 0.1) is 6.92 Å². The van der Waals surface area contributed by atoms with E-state index in [1.165, 1.54) is 10.6 Å². The zero-order chi connectivity index (χ0) is 26.7. The molecule has 0 spiro atoms.